The van der Waals surface area contributed by atoms with Gasteiger partial charge < -0.3 is 4.52 Å². The molecule has 0 saturated heterocycles. The van der Waals surface area contributed by atoms with Gasteiger partial charge in [-0.3, -0.25) is 0 Å². The Kier molecular flexibility index (Phi) is 11.2. The van der Waals surface area contributed by atoms with E-state index in [4.69, 9.17) is 4.52 Å². The van der Waals surface area contributed by atoms with Crippen LogP contribution in [0.3, 0.4) is 0 Å². The van der Waals surface area contributed by atoms with Gasteiger partial charge in [-0.25, -0.2) is 8.78 Å². The zero-order chi connectivity index (χ0) is 28.1. The maximum atomic E-state index is 15.9. The number of unbranched alkanes of at least 4 members (excludes halogenated alkanes) is 2. The second kappa shape index (κ2) is 14.1. The topological polar surface area (TPSA) is 38.9 Å². The van der Waals surface area contributed by atoms with Gasteiger partial charge in [-0.2, -0.15) is 0 Å². The van der Waals surface area contributed by atoms with Crippen LogP contribution in [-0.4, -0.2) is 10.4 Å². The molecule has 0 aliphatic heterocycles. The minimum absolute atomic E-state index is 0.0938. The standard InChI is InChI=1S/C30H36Br2F2N2OS2/c1-5-9-11-17(7-3)13-19-15-21(38-29(19)31)23-25(33)26(34)24(28-27(23)35-36-37-28)22-16-20(30(32)39-22)14-18(8-4)12-10-6-2/h15-18H,5-14H2,1-4H3. The molecule has 212 valence electrons. The third kappa shape index (κ3) is 6.84. The van der Waals surface area contributed by atoms with Crippen molar-refractivity contribution in [2.75, 3.05) is 0 Å². The molecule has 0 fully saturated rings. The molecule has 0 radical (unpaired) electrons. The van der Waals surface area contributed by atoms with E-state index in [1.54, 1.807) is 0 Å². The van der Waals surface area contributed by atoms with Gasteiger partial charge in [0.2, 0.25) is 0 Å². The van der Waals surface area contributed by atoms with Gasteiger partial charge in [0.25, 0.3) is 0 Å². The fraction of sp³-hybridized carbons (Fsp3) is 0.533. The molecule has 3 aromatic heterocycles. The Labute approximate surface area is 255 Å². The van der Waals surface area contributed by atoms with Crippen LogP contribution >= 0.6 is 54.5 Å². The first-order valence-corrected chi connectivity index (χ1v) is 17.2. The molecule has 0 aliphatic rings. The van der Waals surface area contributed by atoms with E-state index >= 15 is 8.78 Å². The van der Waals surface area contributed by atoms with Gasteiger partial charge in [-0.05, 0) is 79.8 Å². The fourth-order valence-electron chi connectivity index (χ4n) is 5.23. The third-order valence-corrected chi connectivity index (χ3v) is 11.7. The summed E-state index contributed by atoms with van der Waals surface area (Å²) < 4.78 is 39.1. The molecule has 4 aromatic rings. The van der Waals surface area contributed by atoms with Crippen molar-refractivity contribution in [3.05, 3.63) is 42.5 Å². The highest BCUT2D eigenvalue weighted by atomic mass is 79.9. The number of rotatable bonds is 14. The predicted molar refractivity (Wildman–Crippen MR) is 168 cm³/mol. The van der Waals surface area contributed by atoms with Crippen molar-refractivity contribution in [1.29, 1.82) is 0 Å². The highest BCUT2D eigenvalue weighted by molar-refractivity contribution is 9.11. The van der Waals surface area contributed by atoms with E-state index < -0.39 is 11.6 Å². The first-order valence-electron chi connectivity index (χ1n) is 14.0. The molecule has 4 rings (SSSR count). The van der Waals surface area contributed by atoms with Crippen molar-refractivity contribution < 1.29 is 13.3 Å². The summed E-state index contributed by atoms with van der Waals surface area (Å²) in [4.78, 5) is 1.24. The number of aromatic nitrogens is 2. The van der Waals surface area contributed by atoms with Gasteiger partial charge in [0.15, 0.2) is 17.2 Å². The average molecular weight is 703 g/mol. The van der Waals surface area contributed by atoms with E-state index in [0.29, 0.717) is 21.6 Å². The van der Waals surface area contributed by atoms with Crippen LogP contribution in [0.5, 0.6) is 0 Å². The Balaban J connectivity index is 1.72. The van der Waals surface area contributed by atoms with E-state index in [9.17, 15) is 0 Å². The quantitative estimate of drug-likeness (QED) is 0.131. The van der Waals surface area contributed by atoms with Crippen LogP contribution in [0, 0.1) is 23.5 Å². The van der Waals surface area contributed by atoms with Crippen molar-refractivity contribution in [2.24, 2.45) is 11.8 Å². The number of halogens is 4. The summed E-state index contributed by atoms with van der Waals surface area (Å²) in [6, 6.07) is 3.93. The first kappa shape index (κ1) is 30.8. The van der Waals surface area contributed by atoms with Gasteiger partial charge in [0, 0.05) is 15.0 Å². The molecule has 9 heteroatoms. The largest absolute Gasteiger partial charge is 0.336 e. The second-order valence-corrected chi connectivity index (χ2v) is 15.1. The van der Waals surface area contributed by atoms with E-state index in [2.05, 4.69) is 69.9 Å². The van der Waals surface area contributed by atoms with Crippen molar-refractivity contribution in [3.63, 3.8) is 0 Å². The number of nitrogens with zero attached hydrogens (tertiary/aromatic N) is 2. The Morgan fingerprint density at radius 2 is 1.28 bits per heavy atom. The van der Waals surface area contributed by atoms with Gasteiger partial charge in [0.05, 0.1) is 18.7 Å². The molecule has 3 heterocycles. The molecule has 39 heavy (non-hydrogen) atoms. The molecule has 0 N–H and O–H groups in total. The average Bonchev–Trinajstić information content (AvgIpc) is 3.64. The zero-order valence-electron chi connectivity index (χ0n) is 23.0. The Bertz CT molecular complexity index is 1300. The lowest BCUT2D eigenvalue weighted by atomic mass is 9.92. The van der Waals surface area contributed by atoms with Gasteiger partial charge in [0.1, 0.15) is 5.52 Å². The highest BCUT2D eigenvalue weighted by Gasteiger charge is 2.29. The van der Waals surface area contributed by atoms with Crippen molar-refractivity contribution >= 4 is 65.6 Å². The van der Waals surface area contributed by atoms with E-state index in [1.165, 1.54) is 48.4 Å². The Morgan fingerprint density at radius 1 is 0.795 bits per heavy atom. The maximum Gasteiger partial charge on any atom is 0.199 e. The fourth-order valence-corrected chi connectivity index (χ4v) is 8.74. The lowest BCUT2D eigenvalue weighted by Gasteiger charge is -2.13. The van der Waals surface area contributed by atoms with Crippen molar-refractivity contribution in [2.45, 2.75) is 91.9 Å². The summed E-state index contributed by atoms with van der Waals surface area (Å²) in [5.41, 5.74) is 2.88. The molecule has 0 saturated carbocycles. The third-order valence-electron chi connectivity index (χ3n) is 7.69. The molecule has 2 unspecified atom stereocenters. The highest BCUT2D eigenvalue weighted by Crippen LogP contribution is 2.46. The molecule has 1 aromatic carbocycles. The van der Waals surface area contributed by atoms with Crippen LogP contribution in [0.2, 0.25) is 0 Å². The Hall–Kier alpha value is -1.16. The number of thiophene rings is 2. The summed E-state index contributed by atoms with van der Waals surface area (Å²) in [5, 5.41) is 7.86. The van der Waals surface area contributed by atoms with Crippen LogP contribution in [0.4, 0.5) is 8.78 Å². The lowest BCUT2D eigenvalue weighted by Crippen LogP contribution is -2.03. The smallest absolute Gasteiger partial charge is 0.199 e. The van der Waals surface area contributed by atoms with Crippen molar-refractivity contribution in [1.82, 2.24) is 10.4 Å². The summed E-state index contributed by atoms with van der Waals surface area (Å²) in [5.74, 6) is -0.718. The zero-order valence-corrected chi connectivity index (χ0v) is 27.8. The number of benzene rings is 1. The van der Waals surface area contributed by atoms with Gasteiger partial charge in [-0.1, -0.05) is 79.1 Å². The molecule has 0 bridgehead atoms. The number of hydrogen-bond donors (Lipinski definition) is 0. The van der Waals surface area contributed by atoms with Crippen LogP contribution in [0.25, 0.3) is 32.0 Å². The molecular weight excluding hydrogens is 666 g/mol. The van der Waals surface area contributed by atoms with E-state index in [0.717, 1.165) is 57.2 Å². The van der Waals surface area contributed by atoms with Gasteiger partial charge in [-0.15, -0.1) is 27.8 Å². The first-order chi connectivity index (χ1) is 18.8. The maximum absolute atomic E-state index is 15.9. The van der Waals surface area contributed by atoms with Gasteiger partial charge >= 0.3 is 0 Å². The van der Waals surface area contributed by atoms with Crippen molar-refractivity contribution in [3.8, 4) is 20.9 Å². The summed E-state index contributed by atoms with van der Waals surface area (Å²) in [7, 11) is 0. The molecule has 2 atom stereocenters. The predicted octanol–water partition coefficient (Wildman–Crippen LogP) is 12.0. The second-order valence-electron chi connectivity index (χ2n) is 10.4. The van der Waals surface area contributed by atoms with E-state index in [-0.39, 0.29) is 22.2 Å². The monoisotopic (exact) mass is 700 g/mol. The molecular formula is C30H36Br2F2N2OS2. The Morgan fingerprint density at radius 3 is 1.77 bits per heavy atom. The summed E-state index contributed by atoms with van der Waals surface area (Å²) >= 11 is 10.2. The minimum atomic E-state index is -0.921. The number of hydrogen-bond acceptors (Lipinski definition) is 5. The number of fused-ring (bicyclic) bond motifs is 1. The van der Waals surface area contributed by atoms with Crippen LogP contribution in [0.15, 0.2) is 24.2 Å². The van der Waals surface area contributed by atoms with E-state index in [1.807, 2.05) is 12.1 Å². The lowest BCUT2D eigenvalue weighted by molar-refractivity contribution is 0.423. The normalized spacial score (nSPS) is 13.4. The summed E-state index contributed by atoms with van der Waals surface area (Å²) in [6.07, 6.45) is 11.0. The van der Waals surface area contributed by atoms with Crippen LogP contribution < -0.4 is 0 Å². The van der Waals surface area contributed by atoms with Crippen LogP contribution in [-0.2, 0) is 12.8 Å². The minimum Gasteiger partial charge on any atom is -0.336 e. The molecule has 0 spiro atoms. The molecule has 3 nitrogen and oxygen atoms in total. The SMILES string of the molecule is CCCCC(CC)Cc1cc(-c2c(F)c(F)c(-c3cc(CC(CC)CCCC)c(Br)s3)c3onnc23)sc1Br. The molecule has 0 aliphatic carbocycles. The molecule has 0 amide bonds. The summed E-state index contributed by atoms with van der Waals surface area (Å²) in [6.45, 7) is 8.83. The van der Waals surface area contributed by atoms with Crippen LogP contribution in [0.1, 0.15) is 90.2 Å².